The van der Waals surface area contributed by atoms with E-state index in [9.17, 15) is 26.3 Å². The molecule has 0 spiro atoms. The molecule has 1 aromatic heterocycles. The lowest BCUT2D eigenvalue weighted by molar-refractivity contribution is -0.184. The average Bonchev–Trinajstić information content (AvgIpc) is 2.77. The van der Waals surface area contributed by atoms with Crippen LogP contribution in [0.1, 0.15) is 35.6 Å². The Kier molecular flexibility index (Phi) is 3.79. The summed E-state index contributed by atoms with van der Waals surface area (Å²) < 4.78 is 75.1. The molecule has 114 valence electrons. The summed E-state index contributed by atoms with van der Waals surface area (Å²) in [5, 5.41) is -1.02. The van der Waals surface area contributed by atoms with Crippen molar-refractivity contribution >= 4 is 11.3 Å². The first kappa shape index (κ1) is 15.6. The van der Waals surface area contributed by atoms with E-state index < -0.39 is 28.8 Å². The van der Waals surface area contributed by atoms with Gasteiger partial charge in [-0.15, -0.1) is 11.3 Å². The fraction of sp³-hybridized carbons (Fsp3) is 0.727. The van der Waals surface area contributed by atoms with Crippen molar-refractivity contribution in [3.63, 3.8) is 0 Å². The first-order valence-electron chi connectivity index (χ1n) is 5.91. The van der Waals surface area contributed by atoms with Crippen LogP contribution in [-0.4, -0.2) is 11.2 Å². The number of thiazole rings is 1. The average molecular weight is 318 g/mol. The number of halogens is 6. The maximum absolute atomic E-state index is 12.6. The van der Waals surface area contributed by atoms with Gasteiger partial charge in [-0.05, 0) is 25.7 Å². The highest BCUT2D eigenvalue weighted by molar-refractivity contribution is 7.11. The molecule has 1 aliphatic rings. The van der Waals surface area contributed by atoms with Gasteiger partial charge in [-0.25, -0.2) is 4.98 Å². The third-order valence-corrected chi connectivity index (χ3v) is 4.84. The van der Waals surface area contributed by atoms with Crippen molar-refractivity contribution in [3.8, 4) is 0 Å². The standard InChI is InChI=1S/C11H12F6N2S/c12-10(13,14)6-1-3-9(18,4-2-6)7-5-19-8(20-7)11(15,16)17/h5-6H,1-4,18H2. The number of hydrogen-bond acceptors (Lipinski definition) is 3. The zero-order valence-corrected chi connectivity index (χ0v) is 11.0. The normalized spacial score (nSPS) is 28.6. The van der Waals surface area contributed by atoms with Crippen molar-refractivity contribution in [2.24, 2.45) is 11.7 Å². The van der Waals surface area contributed by atoms with Crippen molar-refractivity contribution in [1.29, 1.82) is 0 Å². The summed E-state index contributed by atoms with van der Waals surface area (Å²) in [6.07, 6.45) is -8.11. The third-order valence-electron chi connectivity index (χ3n) is 3.58. The maximum Gasteiger partial charge on any atom is 0.443 e. The van der Waals surface area contributed by atoms with E-state index in [-0.39, 0.29) is 30.6 Å². The van der Waals surface area contributed by atoms with E-state index in [1.54, 1.807) is 0 Å². The highest BCUT2D eigenvalue weighted by Gasteiger charge is 2.46. The molecule has 0 amide bonds. The van der Waals surface area contributed by atoms with Gasteiger partial charge in [-0.1, -0.05) is 0 Å². The SMILES string of the molecule is NC1(c2cnc(C(F)(F)F)s2)CCC(C(F)(F)F)CC1. The summed E-state index contributed by atoms with van der Waals surface area (Å²) in [4.78, 5) is 3.47. The van der Waals surface area contributed by atoms with Crippen LogP contribution in [0.5, 0.6) is 0 Å². The van der Waals surface area contributed by atoms with Crippen LogP contribution in [0.3, 0.4) is 0 Å². The lowest BCUT2D eigenvalue weighted by Crippen LogP contribution is -2.42. The number of rotatable bonds is 1. The first-order chi connectivity index (χ1) is 9.02. The van der Waals surface area contributed by atoms with Crippen molar-refractivity contribution in [3.05, 3.63) is 16.1 Å². The zero-order valence-electron chi connectivity index (χ0n) is 10.2. The van der Waals surface area contributed by atoms with Crippen LogP contribution in [0.25, 0.3) is 0 Å². The van der Waals surface area contributed by atoms with Crippen LogP contribution < -0.4 is 5.73 Å². The molecule has 0 aromatic carbocycles. The van der Waals surface area contributed by atoms with Gasteiger partial charge in [-0.2, -0.15) is 26.3 Å². The molecule has 1 saturated carbocycles. The minimum atomic E-state index is -4.55. The fourth-order valence-electron chi connectivity index (χ4n) is 2.34. The van der Waals surface area contributed by atoms with E-state index in [0.717, 1.165) is 6.20 Å². The van der Waals surface area contributed by atoms with Crippen LogP contribution in [0.15, 0.2) is 6.20 Å². The van der Waals surface area contributed by atoms with E-state index in [1.807, 2.05) is 0 Å². The predicted molar refractivity (Wildman–Crippen MR) is 61.0 cm³/mol. The molecular formula is C11H12F6N2S. The van der Waals surface area contributed by atoms with E-state index in [4.69, 9.17) is 5.73 Å². The molecule has 20 heavy (non-hydrogen) atoms. The number of alkyl halides is 6. The van der Waals surface area contributed by atoms with E-state index in [1.165, 1.54) is 0 Å². The molecular weight excluding hydrogens is 306 g/mol. The summed E-state index contributed by atoms with van der Waals surface area (Å²) in [6, 6.07) is 0. The number of hydrogen-bond donors (Lipinski definition) is 1. The van der Waals surface area contributed by atoms with Gasteiger partial charge in [0.15, 0.2) is 5.01 Å². The van der Waals surface area contributed by atoms with Crippen LogP contribution in [0.2, 0.25) is 0 Å². The lowest BCUT2D eigenvalue weighted by Gasteiger charge is -2.36. The maximum atomic E-state index is 12.6. The Labute approximate surface area is 115 Å². The second-order valence-corrected chi connectivity index (χ2v) is 6.03. The Morgan fingerprint density at radius 1 is 1.15 bits per heavy atom. The smallest absolute Gasteiger partial charge is 0.321 e. The Morgan fingerprint density at radius 2 is 1.70 bits per heavy atom. The zero-order chi connectivity index (χ0) is 15.2. The Bertz CT molecular complexity index is 470. The summed E-state index contributed by atoms with van der Waals surface area (Å²) in [6.45, 7) is 0. The largest absolute Gasteiger partial charge is 0.443 e. The molecule has 0 atom stereocenters. The Morgan fingerprint density at radius 3 is 2.10 bits per heavy atom. The van der Waals surface area contributed by atoms with Crippen molar-refractivity contribution in [1.82, 2.24) is 4.98 Å². The first-order valence-corrected chi connectivity index (χ1v) is 6.73. The molecule has 0 aliphatic heterocycles. The molecule has 2 N–H and O–H groups in total. The van der Waals surface area contributed by atoms with E-state index >= 15 is 0 Å². The third kappa shape index (κ3) is 3.08. The topological polar surface area (TPSA) is 38.9 Å². The van der Waals surface area contributed by atoms with E-state index in [2.05, 4.69) is 4.98 Å². The number of nitrogens with zero attached hydrogens (tertiary/aromatic N) is 1. The summed E-state index contributed by atoms with van der Waals surface area (Å²) >= 11 is 0.412. The van der Waals surface area contributed by atoms with Gasteiger partial charge in [0.1, 0.15) is 0 Å². The Balaban J connectivity index is 2.12. The molecule has 0 saturated heterocycles. The molecule has 1 heterocycles. The van der Waals surface area contributed by atoms with Gasteiger partial charge >= 0.3 is 12.4 Å². The monoisotopic (exact) mass is 318 g/mol. The summed E-state index contributed by atoms with van der Waals surface area (Å²) in [7, 11) is 0. The minimum absolute atomic E-state index is 0.0106. The second-order valence-electron chi connectivity index (χ2n) is 5.00. The van der Waals surface area contributed by atoms with Crippen molar-refractivity contribution in [2.75, 3.05) is 0 Å². The van der Waals surface area contributed by atoms with Gasteiger partial charge in [-0.3, -0.25) is 0 Å². The summed E-state index contributed by atoms with van der Waals surface area (Å²) in [5.41, 5.74) is 4.84. The van der Waals surface area contributed by atoms with Crippen LogP contribution in [0.4, 0.5) is 26.3 Å². The summed E-state index contributed by atoms with van der Waals surface area (Å²) in [5.74, 6) is -1.42. The van der Waals surface area contributed by atoms with Gasteiger partial charge in [0.05, 0.1) is 11.5 Å². The van der Waals surface area contributed by atoms with Gasteiger partial charge in [0.2, 0.25) is 0 Å². The molecule has 9 heteroatoms. The molecule has 2 rings (SSSR count). The predicted octanol–water partition coefficient (Wildman–Crippen LogP) is 4.07. The van der Waals surface area contributed by atoms with Gasteiger partial charge in [0, 0.05) is 11.1 Å². The molecule has 2 nitrogen and oxygen atoms in total. The molecule has 0 bridgehead atoms. The highest BCUT2D eigenvalue weighted by atomic mass is 32.1. The van der Waals surface area contributed by atoms with Gasteiger partial charge in [0.25, 0.3) is 0 Å². The molecule has 0 radical (unpaired) electrons. The number of nitrogens with two attached hydrogens (primary N) is 1. The number of aromatic nitrogens is 1. The quantitative estimate of drug-likeness (QED) is 0.793. The molecule has 1 aromatic rings. The second kappa shape index (κ2) is 4.87. The highest BCUT2D eigenvalue weighted by Crippen LogP contribution is 2.46. The van der Waals surface area contributed by atoms with Crippen molar-refractivity contribution in [2.45, 2.75) is 43.6 Å². The minimum Gasteiger partial charge on any atom is -0.321 e. The van der Waals surface area contributed by atoms with E-state index in [0.29, 0.717) is 11.3 Å². The molecule has 0 unspecified atom stereocenters. The van der Waals surface area contributed by atoms with Gasteiger partial charge < -0.3 is 5.73 Å². The molecule has 1 fully saturated rings. The lowest BCUT2D eigenvalue weighted by atomic mass is 9.76. The van der Waals surface area contributed by atoms with Crippen molar-refractivity contribution < 1.29 is 26.3 Å². The van der Waals surface area contributed by atoms with Crippen LogP contribution in [-0.2, 0) is 11.7 Å². The van der Waals surface area contributed by atoms with Crippen LogP contribution >= 0.6 is 11.3 Å². The Hall–Kier alpha value is -0.830. The fourth-order valence-corrected chi connectivity index (χ4v) is 3.28. The molecule has 1 aliphatic carbocycles. The van der Waals surface area contributed by atoms with Crippen LogP contribution in [0, 0.1) is 5.92 Å².